The Kier molecular flexibility index (Phi) is 3.43. The third kappa shape index (κ3) is 2.07. The number of halogens is 1. The lowest BCUT2D eigenvalue weighted by atomic mass is 10.2. The van der Waals surface area contributed by atoms with Crippen molar-refractivity contribution in [1.29, 1.82) is 0 Å². The molecule has 1 aromatic carbocycles. The van der Waals surface area contributed by atoms with Gasteiger partial charge in [-0.05, 0) is 58.9 Å². The first-order chi connectivity index (χ1) is 10.7. The molecular formula is C15H11FN2OS3. The van der Waals surface area contributed by atoms with Crippen molar-refractivity contribution in [1.82, 2.24) is 4.90 Å². The number of amides is 1. The quantitative estimate of drug-likeness (QED) is 0.772. The number of nitrogens with zero attached hydrogens (tertiary/aromatic N) is 2. The number of carbonyl (C=O) groups is 1. The molecule has 4 rings (SSSR count). The zero-order valence-corrected chi connectivity index (χ0v) is 13.8. The summed E-state index contributed by atoms with van der Waals surface area (Å²) < 4.78 is 13.1. The monoisotopic (exact) mass is 350 g/mol. The van der Waals surface area contributed by atoms with E-state index in [1.165, 1.54) is 22.6 Å². The van der Waals surface area contributed by atoms with Crippen molar-refractivity contribution >= 4 is 52.0 Å². The number of thioether (sulfide) groups is 1. The smallest absolute Gasteiger partial charge is 0.257 e. The van der Waals surface area contributed by atoms with Gasteiger partial charge in [-0.3, -0.25) is 9.69 Å². The van der Waals surface area contributed by atoms with Gasteiger partial charge in [0.1, 0.15) is 17.2 Å². The molecule has 2 aromatic rings. The normalized spacial score (nSPS) is 24.2. The van der Waals surface area contributed by atoms with Crippen LogP contribution in [0.3, 0.4) is 0 Å². The molecule has 2 aliphatic heterocycles. The highest BCUT2D eigenvalue weighted by Gasteiger charge is 2.50. The topological polar surface area (TPSA) is 23.6 Å². The Morgan fingerprint density at radius 1 is 1.23 bits per heavy atom. The summed E-state index contributed by atoms with van der Waals surface area (Å²) in [5, 5.41) is 4.70. The standard InChI is InChI=1S/C15H11FN2OS3/c16-10-1-3-11(4-2-10)17-13(19)12-8-22-14(18(12)15(17)20)9-5-6-21-7-9/h1-7,12,14H,8H2/t12-,14?/m0/s1. The Labute approximate surface area is 140 Å². The number of hydrogen-bond acceptors (Lipinski definition) is 4. The molecule has 1 amide bonds. The van der Waals surface area contributed by atoms with Crippen LogP contribution in [0.2, 0.25) is 0 Å². The Balaban J connectivity index is 1.69. The van der Waals surface area contributed by atoms with Gasteiger partial charge in [-0.15, -0.1) is 11.8 Å². The predicted molar refractivity (Wildman–Crippen MR) is 91.6 cm³/mol. The fourth-order valence-corrected chi connectivity index (χ4v) is 5.46. The molecule has 3 heterocycles. The molecule has 3 nitrogen and oxygen atoms in total. The molecule has 0 spiro atoms. The molecule has 2 fully saturated rings. The molecule has 1 aromatic heterocycles. The summed E-state index contributed by atoms with van der Waals surface area (Å²) in [6.45, 7) is 0. The minimum atomic E-state index is -0.325. The molecule has 0 N–H and O–H groups in total. The molecule has 0 bridgehead atoms. The van der Waals surface area contributed by atoms with Crippen LogP contribution >= 0.6 is 35.3 Å². The Hall–Kier alpha value is -1.44. The average Bonchev–Trinajstić information content (AvgIpc) is 3.21. The van der Waals surface area contributed by atoms with Crippen LogP contribution in [0.25, 0.3) is 0 Å². The molecule has 1 unspecified atom stereocenters. The molecule has 7 heteroatoms. The van der Waals surface area contributed by atoms with Gasteiger partial charge in [-0.1, -0.05) is 0 Å². The molecule has 0 aliphatic carbocycles. The third-order valence-electron chi connectivity index (χ3n) is 3.83. The van der Waals surface area contributed by atoms with Crippen LogP contribution in [0.4, 0.5) is 10.1 Å². The van der Waals surface area contributed by atoms with Crippen molar-refractivity contribution in [3.05, 3.63) is 52.5 Å². The highest BCUT2D eigenvalue weighted by atomic mass is 32.2. The van der Waals surface area contributed by atoms with Crippen molar-refractivity contribution < 1.29 is 9.18 Å². The van der Waals surface area contributed by atoms with E-state index in [9.17, 15) is 9.18 Å². The van der Waals surface area contributed by atoms with Gasteiger partial charge >= 0.3 is 0 Å². The van der Waals surface area contributed by atoms with Crippen LogP contribution in [0, 0.1) is 5.82 Å². The van der Waals surface area contributed by atoms with Crippen LogP contribution in [0.15, 0.2) is 41.1 Å². The number of thiophene rings is 1. The van der Waals surface area contributed by atoms with Crippen molar-refractivity contribution in [3.8, 4) is 0 Å². The Morgan fingerprint density at radius 2 is 2.00 bits per heavy atom. The van der Waals surface area contributed by atoms with Gasteiger partial charge in [0.15, 0.2) is 5.11 Å². The van der Waals surface area contributed by atoms with Gasteiger partial charge < -0.3 is 4.90 Å². The number of rotatable bonds is 2. The maximum Gasteiger partial charge on any atom is 0.257 e. The predicted octanol–water partition coefficient (Wildman–Crippen LogP) is 3.63. The van der Waals surface area contributed by atoms with Gasteiger partial charge in [-0.2, -0.15) is 11.3 Å². The Bertz CT molecular complexity index is 732. The van der Waals surface area contributed by atoms with Crippen molar-refractivity contribution in [2.24, 2.45) is 0 Å². The first-order valence-electron chi connectivity index (χ1n) is 6.72. The SMILES string of the molecule is O=C1[C@@H]2CSC(c3ccsc3)N2C(=S)N1c1ccc(F)cc1. The molecule has 0 radical (unpaired) electrons. The first-order valence-corrected chi connectivity index (χ1v) is 9.12. The number of thiocarbonyl (C=S) groups is 1. The summed E-state index contributed by atoms with van der Waals surface area (Å²) >= 11 is 8.92. The molecule has 0 saturated carbocycles. The van der Waals surface area contributed by atoms with E-state index in [1.54, 1.807) is 35.2 Å². The molecule has 22 heavy (non-hydrogen) atoms. The minimum Gasteiger partial charge on any atom is -0.319 e. The number of fused-ring (bicyclic) bond motifs is 1. The fraction of sp³-hybridized carbons (Fsp3) is 0.200. The van der Waals surface area contributed by atoms with Crippen LogP contribution in [0.1, 0.15) is 10.9 Å². The number of anilines is 1. The van der Waals surface area contributed by atoms with E-state index in [2.05, 4.69) is 11.4 Å². The van der Waals surface area contributed by atoms with Crippen LogP contribution in [-0.4, -0.2) is 27.7 Å². The van der Waals surface area contributed by atoms with E-state index in [0.717, 1.165) is 5.75 Å². The molecule has 2 atom stereocenters. The van der Waals surface area contributed by atoms with Gasteiger partial charge in [-0.25, -0.2) is 4.39 Å². The molecule has 112 valence electrons. The third-order valence-corrected chi connectivity index (χ3v) is 6.25. The van der Waals surface area contributed by atoms with Crippen molar-refractivity contribution in [2.75, 3.05) is 10.7 Å². The lowest BCUT2D eigenvalue weighted by Gasteiger charge is -2.24. The minimum absolute atomic E-state index is 0.0261. The summed E-state index contributed by atoms with van der Waals surface area (Å²) in [5.41, 5.74) is 1.80. The van der Waals surface area contributed by atoms with E-state index in [4.69, 9.17) is 12.2 Å². The maximum atomic E-state index is 13.1. The second-order valence-electron chi connectivity index (χ2n) is 5.10. The summed E-state index contributed by atoms with van der Waals surface area (Å²) in [5.74, 6) is 0.368. The van der Waals surface area contributed by atoms with Crippen molar-refractivity contribution in [2.45, 2.75) is 11.4 Å². The average molecular weight is 350 g/mol. The van der Waals surface area contributed by atoms with Gasteiger partial charge in [0.25, 0.3) is 5.91 Å². The lowest BCUT2D eigenvalue weighted by molar-refractivity contribution is -0.119. The highest BCUT2D eigenvalue weighted by molar-refractivity contribution is 7.99. The van der Waals surface area contributed by atoms with Crippen molar-refractivity contribution in [3.63, 3.8) is 0 Å². The van der Waals surface area contributed by atoms with E-state index >= 15 is 0 Å². The van der Waals surface area contributed by atoms with Gasteiger partial charge in [0, 0.05) is 5.75 Å². The first kappa shape index (κ1) is 14.2. The summed E-state index contributed by atoms with van der Waals surface area (Å²) in [7, 11) is 0. The number of carbonyl (C=O) groups excluding carboxylic acids is 1. The molecule has 2 saturated heterocycles. The largest absolute Gasteiger partial charge is 0.319 e. The Morgan fingerprint density at radius 3 is 2.68 bits per heavy atom. The summed E-state index contributed by atoms with van der Waals surface area (Å²) in [6.07, 6.45) is 0. The van der Waals surface area contributed by atoms with Gasteiger partial charge in [0.2, 0.25) is 0 Å². The zero-order valence-electron chi connectivity index (χ0n) is 11.3. The van der Waals surface area contributed by atoms with E-state index in [-0.39, 0.29) is 23.1 Å². The van der Waals surface area contributed by atoms with E-state index < -0.39 is 0 Å². The second-order valence-corrected chi connectivity index (χ2v) is 7.36. The maximum absolute atomic E-state index is 13.1. The highest BCUT2D eigenvalue weighted by Crippen LogP contribution is 2.46. The van der Waals surface area contributed by atoms with Crippen LogP contribution < -0.4 is 4.90 Å². The van der Waals surface area contributed by atoms with E-state index in [0.29, 0.717) is 10.8 Å². The number of benzene rings is 1. The fourth-order valence-electron chi connectivity index (χ4n) is 2.79. The van der Waals surface area contributed by atoms with E-state index in [1.807, 2.05) is 10.3 Å². The van der Waals surface area contributed by atoms with Gasteiger partial charge in [0.05, 0.1) is 5.69 Å². The summed E-state index contributed by atoms with van der Waals surface area (Å²) in [4.78, 5) is 16.2. The zero-order chi connectivity index (χ0) is 15.3. The molecular weight excluding hydrogens is 339 g/mol. The number of hydrogen-bond donors (Lipinski definition) is 0. The van der Waals surface area contributed by atoms with Crippen LogP contribution in [-0.2, 0) is 4.79 Å². The lowest BCUT2D eigenvalue weighted by Crippen LogP contribution is -2.33. The summed E-state index contributed by atoms with van der Waals surface area (Å²) in [6, 6.07) is 7.72. The van der Waals surface area contributed by atoms with Crippen LogP contribution in [0.5, 0.6) is 0 Å². The molecule has 2 aliphatic rings. The second kappa shape index (κ2) is 5.33.